The molecule has 0 heterocycles. The van der Waals surface area contributed by atoms with E-state index in [1.807, 2.05) is 13.0 Å². The Morgan fingerprint density at radius 3 is 2.50 bits per heavy atom. The van der Waals surface area contributed by atoms with E-state index in [1.165, 1.54) is 4.90 Å². The van der Waals surface area contributed by atoms with E-state index in [9.17, 15) is 9.59 Å². The minimum Gasteiger partial charge on any atom is -0.492 e. The molecule has 0 aliphatic carbocycles. The van der Waals surface area contributed by atoms with Crippen LogP contribution in [0.4, 0.5) is 5.69 Å². The van der Waals surface area contributed by atoms with Gasteiger partial charge < -0.3 is 14.7 Å². The van der Waals surface area contributed by atoms with Gasteiger partial charge in [0.25, 0.3) is 0 Å². The zero-order valence-corrected chi connectivity index (χ0v) is 12.1. The van der Waals surface area contributed by atoms with Gasteiger partial charge >= 0.3 is 5.97 Å². The fourth-order valence-corrected chi connectivity index (χ4v) is 1.84. The molecular weight excluding hydrogens is 258 g/mol. The number of carboxylic acid groups (broad SMARTS) is 1. The van der Waals surface area contributed by atoms with Gasteiger partial charge in [0.05, 0.1) is 18.2 Å². The van der Waals surface area contributed by atoms with Crippen LogP contribution in [-0.2, 0) is 9.59 Å². The molecule has 1 aromatic rings. The molecule has 110 valence electrons. The summed E-state index contributed by atoms with van der Waals surface area (Å²) < 4.78 is 5.51. The minimum absolute atomic E-state index is 0.120. The summed E-state index contributed by atoms with van der Waals surface area (Å²) in [5, 5.41) is 9.04. The number of carboxylic acids is 1. The highest BCUT2D eigenvalue weighted by atomic mass is 16.5. The van der Waals surface area contributed by atoms with E-state index in [4.69, 9.17) is 9.84 Å². The van der Waals surface area contributed by atoms with Crippen molar-refractivity contribution in [3.05, 3.63) is 24.3 Å². The number of aliphatic carboxylic acids is 1. The Labute approximate surface area is 119 Å². The maximum absolute atomic E-state index is 12.1. The third kappa shape index (κ3) is 3.98. The largest absolute Gasteiger partial charge is 0.492 e. The van der Waals surface area contributed by atoms with E-state index in [1.54, 1.807) is 32.0 Å². The van der Waals surface area contributed by atoms with Crippen LogP contribution in [0, 0.1) is 5.92 Å². The Bertz CT molecular complexity index is 473. The van der Waals surface area contributed by atoms with Crippen LogP contribution >= 0.6 is 0 Å². The average Bonchev–Trinajstić information content (AvgIpc) is 2.44. The van der Waals surface area contributed by atoms with Crippen LogP contribution in [0.1, 0.15) is 27.2 Å². The first-order chi connectivity index (χ1) is 9.51. The fraction of sp³-hybridized carbons (Fsp3) is 0.467. The second kappa shape index (κ2) is 7.53. The summed E-state index contributed by atoms with van der Waals surface area (Å²) in [7, 11) is 0. The van der Waals surface area contributed by atoms with Crippen LogP contribution in [0.3, 0.4) is 0 Å². The van der Waals surface area contributed by atoms with Crippen molar-refractivity contribution in [2.24, 2.45) is 5.92 Å². The second-order valence-electron chi connectivity index (χ2n) is 4.50. The quantitative estimate of drug-likeness (QED) is 0.833. The number of anilines is 1. The summed E-state index contributed by atoms with van der Waals surface area (Å²) in [6.07, 6.45) is 0.312. The van der Waals surface area contributed by atoms with Crippen LogP contribution in [0.25, 0.3) is 0 Å². The van der Waals surface area contributed by atoms with E-state index in [-0.39, 0.29) is 12.5 Å². The number of hydrogen-bond acceptors (Lipinski definition) is 3. The molecule has 5 nitrogen and oxygen atoms in total. The number of hydrogen-bond donors (Lipinski definition) is 1. The fourth-order valence-electron chi connectivity index (χ4n) is 1.84. The lowest BCUT2D eigenvalue weighted by atomic mass is 10.1. The van der Waals surface area contributed by atoms with E-state index in [0.717, 1.165) is 0 Å². The number of carbonyl (C=O) groups is 2. The number of carbonyl (C=O) groups excluding carboxylic acids is 1. The van der Waals surface area contributed by atoms with Gasteiger partial charge in [-0.05, 0) is 19.1 Å². The van der Waals surface area contributed by atoms with Crippen LogP contribution in [0.2, 0.25) is 0 Å². The van der Waals surface area contributed by atoms with Crippen molar-refractivity contribution in [1.29, 1.82) is 0 Å². The summed E-state index contributed by atoms with van der Waals surface area (Å²) >= 11 is 0. The normalized spacial score (nSPS) is 11.8. The van der Waals surface area contributed by atoms with E-state index in [0.29, 0.717) is 24.5 Å². The van der Waals surface area contributed by atoms with Gasteiger partial charge in [-0.15, -0.1) is 0 Å². The number of nitrogens with zero attached hydrogens (tertiary/aromatic N) is 1. The molecule has 0 spiro atoms. The zero-order valence-electron chi connectivity index (χ0n) is 12.1. The standard InChI is InChI=1S/C15H21NO4/c1-4-14(17)16(10-11(3)15(18)19)12-8-6-7-9-13(12)20-5-2/h6-9,11H,4-5,10H2,1-3H3,(H,18,19). The highest BCUT2D eigenvalue weighted by molar-refractivity contribution is 5.95. The lowest BCUT2D eigenvalue weighted by molar-refractivity contribution is -0.140. The van der Waals surface area contributed by atoms with Crippen LogP contribution < -0.4 is 9.64 Å². The second-order valence-corrected chi connectivity index (χ2v) is 4.50. The highest BCUT2D eigenvalue weighted by Crippen LogP contribution is 2.29. The number of amides is 1. The molecule has 0 fully saturated rings. The van der Waals surface area contributed by atoms with E-state index < -0.39 is 11.9 Å². The predicted molar refractivity (Wildman–Crippen MR) is 77.1 cm³/mol. The van der Waals surface area contributed by atoms with Crippen LogP contribution in [0.5, 0.6) is 5.75 Å². The molecule has 0 aliphatic heterocycles. The number of benzene rings is 1. The van der Waals surface area contributed by atoms with Gasteiger partial charge in [0.1, 0.15) is 5.75 Å². The van der Waals surface area contributed by atoms with Gasteiger partial charge in [0.2, 0.25) is 5.91 Å². The van der Waals surface area contributed by atoms with Crippen molar-refractivity contribution < 1.29 is 19.4 Å². The van der Waals surface area contributed by atoms with Gasteiger partial charge in [-0.1, -0.05) is 26.0 Å². The third-order valence-corrected chi connectivity index (χ3v) is 2.94. The minimum atomic E-state index is -0.923. The van der Waals surface area contributed by atoms with Crippen molar-refractivity contribution in [2.45, 2.75) is 27.2 Å². The predicted octanol–water partition coefficient (Wildman–Crippen LogP) is 2.55. The van der Waals surface area contributed by atoms with Crippen LogP contribution in [-0.4, -0.2) is 30.1 Å². The monoisotopic (exact) mass is 279 g/mol. The molecule has 1 unspecified atom stereocenters. The van der Waals surface area contributed by atoms with Gasteiger partial charge in [-0.2, -0.15) is 0 Å². The molecular formula is C15H21NO4. The number of ether oxygens (including phenoxy) is 1. The summed E-state index contributed by atoms with van der Waals surface area (Å²) in [5.41, 5.74) is 0.620. The Kier molecular flexibility index (Phi) is 6.03. The molecule has 0 saturated carbocycles. The Hall–Kier alpha value is -2.04. The molecule has 1 atom stereocenters. The smallest absolute Gasteiger partial charge is 0.308 e. The van der Waals surface area contributed by atoms with Crippen molar-refractivity contribution in [3.63, 3.8) is 0 Å². The Morgan fingerprint density at radius 1 is 1.30 bits per heavy atom. The van der Waals surface area contributed by atoms with E-state index >= 15 is 0 Å². The first-order valence-electron chi connectivity index (χ1n) is 6.76. The summed E-state index contributed by atoms with van der Waals surface area (Å²) in [6.45, 7) is 5.82. The highest BCUT2D eigenvalue weighted by Gasteiger charge is 2.23. The average molecular weight is 279 g/mol. The molecule has 0 saturated heterocycles. The molecule has 0 radical (unpaired) electrons. The van der Waals surface area contributed by atoms with Gasteiger partial charge in [0.15, 0.2) is 0 Å². The Balaban J connectivity index is 3.10. The van der Waals surface area contributed by atoms with Gasteiger partial charge in [-0.3, -0.25) is 9.59 Å². The molecule has 1 rings (SSSR count). The first-order valence-corrected chi connectivity index (χ1v) is 6.76. The maximum atomic E-state index is 12.1. The van der Waals surface area contributed by atoms with Crippen molar-refractivity contribution in [1.82, 2.24) is 0 Å². The van der Waals surface area contributed by atoms with Gasteiger partial charge in [0, 0.05) is 13.0 Å². The van der Waals surface area contributed by atoms with Crippen molar-refractivity contribution >= 4 is 17.6 Å². The topological polar surface area (TPSA) is 66.8 Å². The lowest BCUT2D eigenvalue weighted by Crippen LogP contribution is -2.36. The number of rotatable bonds is 7. The summed E-state index contributed by atoms with van der Waals surface area (Å²) in [6, 6.07) is 7.18. The molecule has 20 heavy (non-hydrogen) atoms. The lowest BCUT2D eigenvalue weighted by Gasteiger charge is -2.26. The van der Waals surface area contributed by atoms with Crippen molar-refractivity contribution in [2.75, 3.05) is 18.1 Å². The van der Waals surface area contributed by atoms with Gasteiger partial charge in [-0.25, -0.2) is 0 Å². The number of para-hydroxylation sites is 2. The van der Waals surface area contributed by atoms with Crippen LogP contribution in [0.15, 0.2) is 24.3 Å². The van der Waals surface area contributed by atoms with E-state index in [2.05, 4.69) is 0 Å². The maximum Gasteiger partial charge on any atom is 0.308 e. The Morgan fingerprint density at radius 2 is 1.95 bits per heavy atom. The molecule has 1 N–H and O–H groups in total. The first kappa shape index (κ1) is 16.0. The molecule has 0 aromatic heterocycles. The van der Waals surface area contributed by atoms with Crippen molar-refractivity contribution in [3.8, 4) is 5.75 Å². The molecule has 1 amide bonds. The summed E-state index contributed by atoms with van der Waals surface area (Å²) in [4.78, 5) is 24.6. The third-order valence-electron chi connectivity index (χ3n) is 2.94. The zero-order chi connectivity index (χ0) is 15.1. The molecule has 0 bridgehead atoms. The molecule has 5 heteroatoms. The SMILES string of the molecule is CCOc1ccccc1N(CC(C)C(=O)O)C(=O)CC. The molecule has 0 aliphatic rings. The summed E-state index contributed by atoms with van der Waals surface area (Å²) in [5.74, 6) is -1.09. The molecule has 1 aromatic carbocycles.